The first-order valence-corrected chi connectivity index (χ1v) is 7.68. The van der Waals surface area contributed by atoms with E-state index in [0.29, 0.717) is 28.5 Å². The number of hydrazone groups is 1. The third kappa shape index (κ3) is 5.10. The summed E-state index contributed by atoms with van der Waals surface area (Å²) in [5, 5.41) is 6.76. The van der Waals surface area contributed by atoms with Crippen LogP contribution in [0.5, 0.6) is 17.2 Å². The van der Waals surface area contributed by atoms with Crippen molar-refractivity contribution in [2.24, 2.45) is 5.10 Å². The molecule has 0 aliphatic heterocycles. The number of nitrogens with zero attached hydrogens (tertiary/aromatic N) is 1. The van der Waals surface area contributed by atoms with E-state index in [9.17, 15) is 9.18 Å². The van der Waals surface area contributed by atoms with Crippen molar-refractivity contribution in [3.05, 3.63) is 47.8 Å². The first kappa shape index (κ1) is 19.0. The molecule has 8 heteroatoms. The topological polar surface area (TPSA) is 81.2 Å². The van der Waals surface area contributed by atoms with Gasteiger partial charge in [0, 0.05) is 11.3 Å². The maximum absolute atomic E-state index is 12.8. The molecule has 0 aromatic heterocycles. The standard InChI is InChI=1S/C18H20FN3O4/c1-24-15-8-12(9-16(25-2)18(15)26-3)10-21-22-17(23)11-20-14-6-4-13(19)5-7-14/h4-10,20H,11H2,1-3H3,(H,22,23)/b21-10-. The summed E-state index contributed by atoms with van der Waals surface area (Å²) < 4.78 is 28.6. The monoisotopic (exact) mass is 361 g/mol. The van der Waals surface area contributed by atoms with Crippen LogP contribution in [0, 0.1) is 5.82 Å². The Kier molecular flexibility index (Phi) is 6.78. The maximum Gasteiger partial charge on any atom is 0.259 e. The number of ether oxygens (including phenoxy) is 3. The maximum atomic E-state index is 12.8. The minimum Gasteiger partial charge on any atom is -0.493 e. The second-order valence-corrected chi connectivity index (χ2v) is 5.11. The van der Waals surface area contributed by atoms with Gasteiger partial charge in [0.25, 0.3) is 5.91 Å². The summed E-state index contributed by atoms with van der Waals surface area (Å²) in [6, 6.07) is 9.11. The van der Waals surface area contributed by atoms with Crippen LogP contribution in [-0.4, -0.2) is 40.0 Å². The molecule has 0 saturated carbocycles. The highest BCUT2D eigenvalue weighted by atomic mass is 19.1. The summed E-state index contributed by atoms with van der Waals surface area (Å²) >= 11 is 0. The molecule has 0 fully saturated rings. The van der Waals surface area contributed by atoms with E-state index >= 15 is 0 Å². The molecule has 0 bridgehead atoms. The number of methoxy groups -OCH3 is 3. The lowest BCUT2D eigenvalue weighted by atomic mass is 10.2. The van der Waals surface area contributed by atoms with Gasteiger partial charge in [-0.25, -0.2) is 9.82 Å². The van der Waals surface area contributed by atoms with Gasteiger partial charge >= 0.3 is 0 Å². The predicted octanol–water partition coefficient (Wildman–Crippen LogP) is 2.41. The van der Waals surface area contributed by atoms with Crippen LogP contribution >= 0.6 is 0 Å². The number of anilines is 1. The third-order valence-electron chi connectivity index (χ3n) is 3.39. The molecule has 2 aromatic carbocycles. The second kappa shape index (κ2) is 9.26. The fourth-order valence-corrected chi connectivity index (χ4v) is 2.14. The molecular weight excluding hydrogens is 341 g/mol. The average molecular weight is 361 g/mol. The summed E-state index contributed by atoms with van der Waals surface area (Å²) in [4.78, 5) is 11.8. The van der Waals surface area contributed by atoms with Crippen molar-refractivity contribution < 1.29 is 23.4 Å². The smallest absolute Gasteiger partial charge is 0.259 e. The molecular formula is C18H20FN3O4. The largest absolute Gasteiger partial charge is 0.493 e. The molecule has 2 N–H and O–H groups in total. The molecule has 0 saturated heterocycles. The molecule has 1 amide bonds. The van der Waals surface area contributed by atoms with Crippen LogP contribution in [0.15, 0.2) is 41.5 Å². The summed E-state index contributed by atoms with van der Waals surface area (Å²) in [5.41, 5.74) is 3.69. The Bertz CT molecular complexity index is 754. The lowest BCUT2D eigenvalue weighted by Gasteiger charge is -2.12. The van der Waals surface area contributed by atoms with E-state index in [1.54, 1.807) is 24.3 Å². The van der Waals surface area contributed by atoms with E-state index in [1.165, 1.54) is 39.7 Å². The van der Waals surface area contributed by atoms with Crippen molar-refractivity contribution in [2.75, 3.05) is 33.2 Å². The molecule has 0 aliphatic carbocycles. The molecule has 138 valence electrons. The van der Waals surface area contributed by atoms with Crippen LogP contribution in [0.1, 0.15) is 5.56 Å². The van der Waals surface area contributed by atoms with Gasteiger partial charge in [-0.1, -0.05) is 0 Å². The van der Waals surface area contributed by atoms with Gasteiger partial charge in [-0.3, -0.25) is 4.79 Å². The Balaban J connectivity index is 1.94. The summed E-state index contributed by atoms with van der Waals surface area (Å²) in [7, 11) is 4.55. The zero-order valence-corrected chi connectivity index (χ0v) is 14.7. The molecule has 26 heavy (non-hydrogen) atoms. The first-order valence-electron chi connectivity index (χ1n) is 7.68. The zero-order chi connectivity index (χ0) is 18.9. The highest BCUT2D eigenvalue weighted by molar-refractivity contribution is 5.85. The molecule has 2 aromatic rings. The molecule has 0 aliphatic rings. The molecule has 0 spiro atoms. The molecule has 2 rings (SSSR count). The van der Waals surface area contributed by atoms with Crippen LogP contribution in [-0.2, 0) is 4.79 Å². The predicted molar refractivity (Wildman–Crippen MR) is 96.7 cm³/mol. The van der Waals surface area contributed by atoms with Gasteiger partial charge < -0.3 is 19.5 Å². The molecule has 0 radical (unpaired) electrons. The number of carbonyl (C=O) groups is 1. The van der Waals surface area contributed by atoms with Crippen LogP contribution < -0.4 is 25.0 Å². The van der Waals surface area contributed by atoms with Gasteiger partial charge in [0.2, 0.25) is 5.75 Å². The Morgan fingerprint density at radius 3 is 2.23 bits per heavy atom. The number of amides is 1. The minimum atomic E-state index is -0.349. The van der Waals surface area contributed by atoms with Gasteiger partial charge in [-0.2, -0.15) is 5.10 Å². The summed E-state index contributed by atoms with van der Waals surface area (Å²) in [5.74, 6) is 0.753. The van der Waals surface area contributed by atoms with Gasteiger partial charge in [-0.05, 0) is 36.4 Å². The Hall–Kier alpha value is -3.29. The van der Waals surface area contributed by atoms with Crippen LogP contribution in [0.25, 0.3) is 0 Å². The van der Waals surface area contributed by atoms with Gasteiger partial charge in [0.15, 0.2) is 11.5 Å². The van der Waals surface area contributed by atoms with Crippen molar-refractivity contribution in [3.63, 3.8) is 0 Å². The van der Waals surface area contributed by atoms with Gasteiger partial charge in [-0.15, -0.1) is 0 Å². The highest BCUT2D eigenvalue weighted by Crippen LogP contribution is 2.37. The van der Waals surface area contributed by atoms with Crippen molar-refractivity contribution in [2.45, 2.75) is 0 Å². The first-order chi connectivity index (χ1) is 12.6. The zero-order valence-electron chi connectivity index (χ0n) is 14.7. The minimum absolute atomic E-state index is 0.00176. The number of rotatable bonds is 8. The number of nitrogens with one attached hydrogen (secondary N) is 2. The normalized spacial score (nSPS) is 10.5. The second-order valence-electron chi connectivity index (χ2n) is 5.11. The number of halogens is 1. The molecule has 0 unspecified atom stereocenters. The van der Waals surface area contributed by atoms with E-state index in [4.69, 9.17) is 14.2 Å². The quantitative estimate of drug-likeness (QED) is 0.557. The third-order valence-corrected chi connectivity index (χ3v) is 3.39. The van der Waals surface area contributed by atoms with Gasteiger partial charge in [0.1, 0.15) is 5.82 Å². The van der Waals surface area contributed by atoms with Crippen LogP contribution in [0.3, 0.4) is 0 Å². The lowest BCUT2D eigenvalue weighted by molar-refractivity contribution is -0.119. The molecule has 0 heterocycles. The highest BCUT2D eigenvalue weighted by Gasteiger charge is 2.12. The Labute approximate surface area is 150 Å². The van der Waals surface area contributed by atoms with Crippen molar-refractivity contribution in [1.29, 1.82) is 0 Å². The van der Waals surface area contributed by atoms with Crippen molar-refractivity contribution in [3.8, 4) is 17.2 Å². The molecule has 7 nitrogen and oxygen atoms in total. The Morgan fingerprint density at radius 2 is 1.69 bits per heavy atom. The Morgan fingerprint density at radius 1 is 1.08 bits per heavy atom. The number of hydrogen-bond acceptors (Lipinski definition) is 6. The fourth-order valence-electron chi connectivity index (χ4n) is 2.14. The van der Waals surface area contributed by atoms with E-state index in [0.717, 1.165) is 0 Å². The van der Waals surface area contributed by atoms with Crippen LogP contribution in [0.2, 0.25) is 0 Å². The summed E-state index contributed by atoms with van der Waals surface area (Å²) in [6.45, 7) is -0.00176. The lowest BCUT2D eigenvalue weighted by Crippen LogP contribution is -2.25. The van der Waals surface area contributed by atoms with E-state index < -0.39 is 0 Å². The van der Waals surface area contributed by atoms with E-state index in [1.807, 2.05) is 0 Å². The average Bonchev–Trinajstić information content (AvgIpc) is 2.66. The van der Waals surface area contributed by atoms with Crippen molar-refractivity contribution >= 4 is 17.8 Å². The van der Waals surface area contributed by atoms with E-state index in [2.05, 4.69) is 15.8 Å². The number of benzene rings is 2. The number of hydrogen-bond donors (Lipinski definition) is 2. The van der Waals surface area contributed by atoms with E-state index in [-0.39, 0.29) is 18.3 Å². The molecule has 0 atom stereocenters. The van der Waals surface area contributed by atoms with Gasteiger partial charge in [0.05, 0.1) is 34.1 Å². The van der Waals surface area contributed by atoms with Crippen LogP contribution in [0.4, 0.5) is 10.1 Å². The SMILES string of the molecule is COc1cc(/C=N\NC(=O)CNc2ccc(F)cc2)cc(OC)c1OC. The summed E-state index contributed by atoms with van der Waals surface area (Å²) in [6.07, 6.45) is 1.46. The van der Waals surface area contributed by atoms with Crippen molar-refractivity contribution in [1.82, 2.24) is 5.43 Å². The number of carbonyl (C=O) groups excluding carboxylic acids is 1. The fraction of sp³-hybridized carbons (Fsp3) is 0.222.